The van der Waals surface area contributed by atoms with Crippen LogP contribution in [-0.2, 0) is 24.3 Å². The highest BCUT2D eigenvalue weighted by molar-refractivity contribution is 5.86. The number of aryl methyl sites for hydroxylation is 1. The van der Waals surface area contributed by atoms with Crippen LogP contribution in [0.1, 0.15) is 37.1 Å². The average molecular weight is 392 g/mol. The number of nitrogens with one attached hydrogen (secondary N) is 1. The van der Waals surface area contributed by atoms with Crippen LogP contribution in [0, 0.1) is 5.82 Å². The van der Waals surface area contributed by atoms with Gasteiger partial charge in [-0.25, -0.2) is 4.39 Å². The van der Waals surface area contributed by atoms with E-state index >= 15 is 0 Å². The summed E-state index contributed by atoms with van der Waals surface area (Å²) in [5, 5.41) is 21.6. The van der Waals surface area contributed by atoms with Crippen molar-refractivity contribution in [2.45, 2.75) is 44.9 Å². The number of hydrogen-bond donors (Lipinski definition) is 2. The molecule has 1 aliphatic heterocycles. The summed E-state index contributed by atoms with van der Waals surface area (Å²) in [7, 11) is 1.50. The van der Waals surface area contributed by atoms with Crippen molar-refractivity contribution >= 4 is 5.91 Å². The van der Waals surface area contributed by atoms with Gasteiger partial charge in [0.2, 0.25) is 11.8 Å². The second kappa shape index (κ2) is 8.66. The van der Waals surface area contributed by atoms with Crippen LogP contribution < -0.4 is 10.1 Å². The number of rotatable bonds is 8. The van der Waals surface area contributed by atoms with Gasteiger partial charge >= 0.3 is 0 Å². The smallest absolute Gasteiger partial charge is 0.256 e. The van der Waals surface area contributed by atoms with Crippen LogP contribution in [0.3, 0.4) is 0 Å². The van der Waals surface area contributed by atoms with Crippen LogP contribution in [0.5, 0.6) is 5.75 Å². The van der Waals surface area contributed by atoms with Gasteiger partial charge in [0.15, 0.2) is 5.60 Å². The molecule has 1 fully saturated rings. The summed E-state index contributed by atoms with van der Waals surface area (Å²) in [5.74, 6) is 0.621. The van der Waals surface area contributed by atoms with Crippen LogP contribution in [-0.4, -0.2) is 51.9 Å². The van der Waals surface area contributed by atoms with Gasteiger partial charge in [-0.05, 0) is 31.0 Å². The van der Waals surface area contributed by atoms with Crippen LogP contribution in [0.15, 0.2) is 22.6 Å². The van der Waals surface area contributed by atoms with Crippen molar-refractivity contribution in [2.75, 3.05) is 20.2 Å². The third-order valence-corrected chi connectivity index (χ3v) is 4.82. The average Bonchev–Trinajstić information content (AvgIpc) is 3.15. The minimum absolute atomic E-state index is 0.0484. The third-order valence-electron chi connectivity index (χ3n) is 4.82. The molecule has 1 aromatic carbocycles. The molecule has 1 atom stereocenters. The van der Waals surface area contributed by atoms with E-state index in [2.05, 4.69) is 15.5 Å². The van der Waals surface area contributed by atoms with Gasteiger partial charge in [-0.15, -0.1) is 10.2 Å². The zero-order valence-corrected chi connectivity index (χ0v) is 16.1. The number of methoxy groups -OCH3 is 1. The molecule has 2 aromatic rings. The van der Waals surface area contributed by atoms with Gasteiger partial charge in [-0.2, -0.15) is 0 Å². The molecule has 0 aliphatic carbocycles. The molecule has 152 valence electrons. The zero-order chi connectivity index (χ0) is 20.1. The number of carbonyl (C=O) groups is 1. The molecule has 0 bridgehead atoms. The highest BCUT2D eigenvalue weighted by atomic mass is 19.1. The first-order valence-corrected chi connectivity index (χ1v) is 9.31. The minimum Gasteiger partial charge on any atom is -0.497 e. The summed E-state index contributed by atoms with van der Waals surface area (Å²) in [4.78, 5) is 14.3. The van der Waals surface area contributed by atoms with Crippen molar-refractivity contribution in [1.29, 1.82) is 0 Å². The maximum atomic E-state index is 14.1. The zero-order valence-electron chi connectivity index (χ0n) is 16.1. The monoisotopic (exact) mass is 392 g/mol. The van der Waals surface area contributed by atoms with E-state index in [1.165, 1.54) is 24.1 Å². The Balaban J connectivity index is 1.62. The molecular weight excluding hydrogens is 367 g/mol. The maximum absolute atomic E-state index is 14.1. The fourth-order valence-corrected chi connectivity index (χ4v) is 3.26. The molecule has 1 aromatic heterocycles. The number of carbonyl (C=O) groups excluding carboxylic acids is 1. The first-order valence-electron chi connectivity index (χ1n) is 9.31. The van der Waals surface area contributed by atoms with E-state index < -0.39 is 17.3 Å². The number of halogens is 1. The summed E-state index contributed by atoms with van der Waals surface area (Å²) in [6.45, 7) is 2.75. The molecule has 1 aliphatic rings. The molecule has 2 N–H and O–H groups in total. The summed E-state index contributed by atoms with van der Waals surface area (Å²) >= 11 is 0. The van der Waals surface area contributed by atoms with Crippen LogP contribution in [0.4, 0.5) is 4.39 Å². The van der Waals surface area contributed by atoms with Gasteiger partial charge in [0.1, 0.15) is 11.6 Å². The van der Waals surface area contributed by atoms with Crippen molar-refractivity contribution in [3.8, 4) is 5.75 Å². The van der Waals surface area contributed by atoms with E-state index in [0.29, 0.717) is 48.9 Å². The van der Waals surface area contributed by atoms with Crippen molar-refractivity contribution in [3.05, 3.63) is 41.4 Å². The summed E-state index contributed by atoms with van der Waals surface area (Å²) < 4.78 is 24.6. The number of ether oxygens (including phenoxy) is 1. The maximum Gasteiger partial charge on any atom is 0.256 e. The number of likely N-dealkylation sites (tertiary alicyclic amines) is 1. The normalized spacial score (nSPS) is 19.9. The second-order valence-corrected chi connectivity index (χ2v) is 6.87. The Bertz CT molecular complexity index is 828. The van der Waals surface area contributed by atoms with E-state index in [0.717, 1.165) is 0 Å². The van der Waals surface area contributed by atoms with Crippen molar-refractivity contribution in [2.24, 2.45) is 0 Å². The number of benzene rings is 1. The van der Waals surface area contributed by atoms with Crippen molar-refractivity contribution < 1.29 is 23.4 Å². The molecule has 0 spiro atoms. The van der Waals surface area contributed by atoms with Gasteiger partial charge in [0.05, 0.1) is 13.7 Å². The first kappa shape index (κ1) is 20.2. The predicted octanol–water partition coefficient (Wildman–Crippen LogP) is 1.42. The minimum atomic E-state index is -1.55. The van der Waals surface area contributed by atoms with E-state index in [4.69, 9.17) is 9.15 Å². The summed E-state index contributed by atoms with van der Waals surface area (Å²) in [6, 6.07) is 4.40. The largest absolute Gasteiger partial charge is 0.497 e. The lowest BCUT2D eigenvalue weighted by Gasteiger charge is -2.38. The van der Waals surface area contributed by atoms with Gasteiger partial charge in [0, 0.05) is 31.6 Å². The van der Waals surface area contributed by atoms with Crippen LogP contribution in [0.25, 0.3) is 0 Å². The SMILES string of the molecule is CCc1nnc(CNC[C@@]2(O)CCCN(Cc3cc(OC)ccc3F)C2=O)o1. The van der Waals surface area contributed by atoms with Crippen LogP contribution >= 0.6 is 0 Å². The molecule has 8 nitrogen and oxygen atoms in total. The third kappa shape index (κ3) is 4.48. The molecule has 3 rings (SSSR count). The lowest BCUT2D eigenvalue weighted by atomic mass is 9.91. The fourth-order valence-electron chi connectivity index (χ4n) is 3.26. The predicted molar refractivity (Wildman–Crippen MR) is 97.9 cm³/mol. The second-order valence-electron chi connectivity index (χ2n) is 6.87. The standard InChI is InChI=1S/C19H25FN4O4/c1-3-16-22-23-17(28-16)10-21-12-19(26)7-4-8-24(18(19)25)11-13-9-14(27-2)5-6-15(13)20/h5-6,9,21,26H,3-4,7-8,10-12H2,1-2H3/t19-/m0/s1. The van der Waals surface area contributed by atoms with E-state index in [-0.39, 0.29) is 19.6 Å². The highest BCUT2D eigenvalue weighted by Gasteiger charge is 2.42. The van der Waals surface area contributed by atoms with Gasteiger partial charge < -0.3 is 24.5 Å². The molecule has 1 amide bonds. The Labute approximate surface area is 162 Å². The molecule has 0 unspecified atom stereocenters. The number of aromatic nitrogens is 2. The Kier molecular flexibility index (Phi) is 6.25. The summed E-state index contributed by atoms with van der Waals surface area (Å²) in [5.41, 5.74) is -1.20. The van der Waals surface area contributed by atoms with E-state index in [1.807, 2.05) is 6.92 Å². The number of piperidine rings is 1. The topological polar surface area (TPSA) is 101 Å². The van der Waals surface area contributed by atoms with Gasteiger partial charge in [-0.1, -0.05) is 6.92 Å². The molecule has 0 saturated carbocycles. The summed E-state index contributed by atoms with van der Waals surface area (Å²) in [6.07, 6.45) is 1.60. The lowest BCUT2D eigenvalue weighted by molar-refractivity contribution is -0.157. The van der Waals surface area contributed by atoms with Gasteiger partial charge in [-0.3, -0.25) is 4.79 Å². The molecular formula is C19H25FN4O4. The number of nitrogens with zero attached hydrogens (tertiary/aromatic N) is 3. The molecule has 2 heterocycles. The number of aliphatic hydroxyl groups is 1. The van der Waals surface area contributed by atoms with E-state index in [1.54, 1.807) is 6.07 Å². The molecule has 1 saturated heterocycles. The highest BCUT2D eigenvalue weighted by Crippen LogP contribution is 2.26. The van der Waals surface area contributed by atoms with E-state index in [9.17, 15) is 14.3 Å². The Morgan fingerprint density at radius 3 is 2.89 bits per heavy atom. The quantitative estimate of drug-likeness (QED) is 0.701. The molecule has 9 heteroatoms. The number of hydrogen-bond acceptors (Lipinski definition) is 7. The Morgan fingerprint density at radius 1 is 1.39 bits per heavy atom. The molecule has 0 radical (unpaired) electrons. The van der Waals surface area contributed by atoms with Crippen LogP contribution in [0.2, 0.25) is 0 Å². The molecule has 28 heavy (non-hydrogen) atoms. The van der Waals surface area contributed by atoms with Crippen molar-refractivity contribution in [1.82, 2.24) is 20.4 Å². The number of amides is 1. The van der Waals surface area contributed by atoms with Crippen molar-refractivity contribution in [3.63, 3.8) is 0 Å². The lowest BCUT2D eigenvalue weighted by Crippen LogP contribution is -2.57. The first-order chi connectivity index (χ1) is 13.4. The van der Waals surface area contributed by atoms with Gasteiger partial charge in [0.25, 0.3) is 5.91 Å². The fraction of sp³-hybridized carbons (Fsp3) is 0.526. The Morgan fingerprint density at radius 2 is 2.18 bits per heavy atom. The Hall–Kier alpha value is -2.52.